The molecule has 5 heteroatoms. The minimum atomic E-state index is -0.869. The lowest BCUT2D eigenvalue weighted by atomic mass is 9.79. The third-order valence-corrected chi connectivity index (χ3v) is 5.31. The highest BCUT2D eigenvalue weighted by molar-refractivity contribution is 5.94. The van der Waals surface area contributed by atoms with Gasteiger partial charge in [-0.15, -0.1) is 0 Å². The molecule has 27 heavy (non-hydrogen) atoms. The van der Waals surface area contributed by atoms with E-state index in [0.29, 0.717) is 30.9 Å². The molecule has 3 N–H and O–H groups in total. The largest absolute Gasteiger partial charge is 0.508 e. The minimum absolute atomic E-state index is 0.122. The second kappa shape index (κ2) is 8.44. The number of aryl methyl sites for hydroxylation is 1. The predicted molar refractivity (Wildman–Crippen MR) is 104 cm³/mol. The summed E-state index contributed by atoms with van der Waals surface area (Å²) in [7, 11) is 0. The molecule has 5 nitrogen and oxygen atoms in total. The van der Waals surface area contributed by atoms with Crippen LogP contribution in [0.2, 0.25) is 0 Å². The van der Waals surface area contributed by atoms with Gasteiger partial charge in [-0.2, -0.15) is 0 Å². The number of nitrogens with one attached hydrogen (secondary N) is 1. The van der Waals surface area contributed by atoms with Crippen LogP contribution < -0.4 is 10.1 Å². The first-order chi connectivity index (χ1) is 13.0. The van der Waals surface area contributed by atoms with Crippen molar-refractivity contribution in [3.05, 3.63) is 59.7 Å². The van der Waals surface area contributed by atoms with Crippen LogP contribution in [0, 0.1) is 12.8 Å². The van der Waals surface area contributed by atoms with Crippen molar-refractivity contribution in [2.24, 2.45) is 5.92 Å². The van der Waals surface area contributed by atoms with Crippen LogP contribution in [0.1, 0.15) is 41.6 Å². The quantitative estimate of drug-likeness (QED) is 0.729. The number of amides is 1. The van der Waals surface area contributed by atoms with Gasteiger partial charge in [-0.25, -0.2) is 0 Å². The SMILES string of the molecule is Cc1ccccc1OCC1CCC(O)(CNC(=O)c2ccc(O)cc2)CC1. The second-order valence-corrected chi connectivity index (χ2v) is 7.47. The molecule has 0 atom stereocenters. The van der Waals surface area contributed by atoms with Crippen LogP contribution in [0.5, 0.6) is 11.5 Å². The average Bonchev–Trinajstić information content (AvgIpc) is 2.67. The van der Waals surface area contributed by atoms with Crippen LogP contribution in [0.15, 0.2) is 48.5 Å². The molecule has 2 aromatic rings. The number of ether oxygens (including phenoxy) is 1. The number of carbonyl (C=O) groups excluding carboxylic acids is 1. The Balaban J connectivity index is 1.44. The van der Waals surface area contributed by atoms with E-state index in [1.807, 2.05) is 31.2 Å². The van der Waals surface area contributed by atoms with Gasteiger partial charge >= 0.3 is 0 Å². The van der Waals surface area contributed by atoms with Crippen molar-refractivity contribution >= 4 is 5.91 Å². The Kier molecular flexibility index (Phi) is 6.01. The molecular formula is C22H27NO4. The number of hydrogen-bond donors (Lipinski definition) is 3. The molecule has 1 aliphatic rings. The van der Waals surface area contributed by atoms with Crippen LogP contribution in [0.3, 0.4) is 0 Å². The van der Waals surface area contributed by atoms with E-state index in [2.05, 4.69) is 5.32 Å². The van der Waals surface area contributed by atoms with Gasteiger partial charge in [-0.05, 0) is 74.4 Å². The number of benzene rings is 2. The number of hydrogen-bond acceptors (Lipinski definition) is 4. The molecule has 2 aromatic carbocycles. The first-order valence-electron chi connectivity index (χ1n) is 9.43. The number of phenolic OH excluding ortho intramolecular Hbond substituents is 1. The second-order valence-electron chi connectivity index (χ2n) is 7.47. The summed E-state index contributed by atoms with van der Waals surface area (Å²) >= 11 is 0. The Morgan fingerprint density at radius 1 is 1.15 bits per heavy atom. The van der Waals surface area contributed by atoms with Crippen molar-refractivity contribution < 1.29 is 19.7 Å². The molecule has 3 rings (SSSR count). The minimum Gasteiger partial charge on any atom is -0.508 e. The molecular weight excluding hydrogens is 342 g/mol. The van der Waals surface area contributed by atoms with Crippen molar-refractivity contribution in [3.8, 4) is 11.5 Å². The van der Waals surface area contributed by atoms with Gasteiger partial charge in [0.25, 0.3) is 5.91 Å². The number of aromatic hydroxyl groups is 1. The smallest absolute Gasteiger partial charge is 0.251 e. The van der Waals surface area contributed by atoms with Gasteiger partial charge in [0, 0.05) is 12.1 Å². The van der Waals surface area contributed by atoms with Crippen LogP contribution in [0.25, 0.3) is 0 Å². The number of aliphatic hydroxyl groups is 1. The fourth-order valence-corrected chi connectivity index (χ4v) is 3.44. The normalized spacial score (nSPS) is 22.2. The fraction of sp³-hybridized carbons (Fsp3) is 0.409. The number of carbonyl (C=O) groups is 1. The third kappa shape index (κ3) is 5.23. The van der Waals surface area contributed by atoms with E-state index in [9.17, 15) is 15.0 Å². The van der Waals surface area contributed by atoms with E-state index >= 15 is 0 Å². The van der Waals surface area contributed by atoms with Crippen LogP contribution >= 0.6 is 0 Å². The summed E-state index contributed by atoms with van der Waals surface area (Å²) in [6.07, 6.45) is 3.03. The number of phenols is 1. The lowest BCUT2D eigenvalue weighted by Crippen LogP contribution is -2.45. The number of para-hydroxylation sites is 1. The zero-order chi connectivity index (χ0) is 19.3. The van der Waals surface area contributed by atoms with E-state index in [-0.39, 0.29) is 18.2 Å². The first-order valence-corrected chi connectivity index (χ1v) is 9.43. The van der Waals surface area contributed by atoms with Crippen LogP contribution in [-0.4, -0.2) is 34.9 Å². The van der Waals surface area contributed by atoms with Crippen LogP contribution in [0.4, 0.5) is 0 Å². The van der Waals surface area contributed by atoms with E-state index in [1.165, 1.54) is 12.1 Å². The third-order valence-electron chi connectivity index (χ3n) is 5.31. The first kappa shape index (κ1) is 19.2. The molecule has 0 saturated heterocycles. The fourth-order valence-electron chi connectivity index (χ4n) is 3.44. The molecule has 1 saturated carbocycles. The highest BCUT2D eigenvalue weighted by atomic mass is 16.5. The maximum atomic E-state index is 12.2. The summed E-state index contributed by atoms with van der Waals surface area (Å²) in [4.78, 5) is 12.2. The molecule has 1 fully saturated rings. The molecule has 0 spiro atoms. The lowest BCUT2D eigenvalue weighted by Gasteiger charge is -2.36. The molecule has 0 radical (unpaired) electrons. The molecule has 1 aliphatic carbocycles. The van der Waals surface area contributed by atoms with Gasteiger partial charge in [-0.3, -0.25) is 4.79 Å². The van der Waals surface area contributed by atoms with Crippen molar-refractivity contribution in [1.29, 1.82) is 0 Å². The zero-order valence-electron chi connectivity index (χ0n) is 15.6. The van der Waals surface area contributed by atoms with Crippen LogP contribution in [-0.2, 0) is 0 Å². The Labute approximate surface area is 160 Å². The number of rotatable bonds is 6. The van der Waals surface area contributed by atoms with Crippen molar-refractivity contribution in [2.75, 3.05) is 13.2 Å². The zero-order valence-corrected chi connectivity index (χ0v) is 15.6. The summed E-state index contributed by atoms with van der Waals surface area (Å²) in [6.45, 7) is 2.92. The molecule has 1 amide bonds. The van der Waals surface area contributed by atoms with Crippen molar-refractivity contribution in [2.45, 2.75) is 38.2 Å². The standard InChI is InChI=1S/C22H27NO4/c1-16-4-2-3-5-20(16)27-14-17-10-12-22(26,13-11-17)15-23-21(25)18-6-8-19(24)9-7-18/h2-9,17,24,26H,10-15H2,1H3,(H,23,25). The summed E-state index contributed by atoms with van der Waals surface area (Å²) in [5.74, 6) is 1.21. The van der Waals surface area contributed by atoms with Gasteiger partial charge in [0.2, 0.25) is 0 Å². The Morgan fingerprint density at radius 2 is 1.81 bits per heavy atom. The molecule has 0 unspecified atom stereocenters. The van der Waals surface area contributed by atoms with Gasteiger partial charge in [0.1, 0.15) is 11.5 Å². The van der Waals surface area contributed by atoms with E-state index in [4.69, 9.17) is 4.74 Å². The summed E-state index contributed by atoms with van der Waals surface area (Å²) in [5.41, 5.74) is 0.727. The summed E-state index contributed by atoms with van der Waals surface area (Å²) < 4.78 is 5.94. The molecule has 144 valence electrons. The average molecular weight is 369 g/mol. The highest BCUT2D eigenvalue weighted by Gasteiger charge is 2.33. The van der Waals surface area contributed by atoms with E-state index in [1.54, 1.807) is 12.1 Å². The molecule has 0 aliphatic heterocycles. The van der Waals surface area contributed by atoms with Crippen molar-refractivity contribution in [1.82, 2.24) is 5.32 Å². The predicted octanol–water partition coefficient (Wildman–Crippen LogP) is 3.43. The van der Waals surface area contributed by atoms with Gasteiger partial charge in [-0.1, -0.05) is 18.2 Å². The Bertz CT molecular complexity index is 764. The Hall–Kier alpha value is -2.53. The van der Waals surface area contributed by atoms with E-state index < -0.39 is 5.60 Å². The van der Waals surface area contributed by atoms with Crippen molar-refractivity contribution in [3.63, 3.8) is 0 Å². The summed E-state index contributed by atoms with van der Waals surface area (Å²) in [5, 5.41) is 22.9. The molecule has 0 bridgehead atoms. The monoisotopic (exact) mass is 369 g/mol. The van der Waals surface area contributed by atoms with Gasteiger partial charge in [0.15, 0.2) is 0 Å². The molecule has 0 aromatic heterocycles. The molecule has 0 heterocycles. The van der Waals surface area contributed by atoms with Gasteiger partial charge in [0.05, 0.1) is 12.2 Å². The van der Waals surface area contributed by atoms with E-state index in [0.717, 1.165) is 24.2 Å². The maximum absolute atomic E-state index is 12.2. The summed E-state index contributed by atoms with van der Waals surface area (Å²) in [6, 6.07) is 14.1. The van der Waals surface area contributed by atoms with Gasteiger partial charge < -0.3 is 20.3 Å². The lowest BCUT2D eigenvalue weighted by molar-refractivity contribution is -0.0130. The maximum Gasteiger partial charge on any atom is 0.251 e. The highest BCUT2D eigenvalue weighted by Crippen LogP contribution is 2.32. The topological polar surface area (TPSA) is 78.8 Å². The Morgan fingerprint density at radius 3 is 2.48 bits per heavy atom.